The number of carbonyl (C=O) groups excluding carboxylic acids is 3. The van der Waals surface area contributed by atoms with Crippen LogP contribution in [0.3, 0.4) is 0 Å². The molecule has 0 spiro atoms. The zero-order valence-corrected chi connectivity index (χ0v) is 30.5. The standard InChI is InChI=1S/C23H29N7O6S.C10H15N3O3/c1-23(2)11-18(31)29(19(32)12-23)10-5-15-3-4-17(24-13-15)36-22(35)28-8-6-16(7-9-28)37-21-25-26-27-30(21)14-20(33)34;14-10(15)12-6-2-9(3-7-12)8-16-13-5-1-4-11-13/h3-4,13,16H,5-12,14H2,1-2H3,(H,33,34);1,4-5,9H,2-3,6-8H2,(H,14,15). The summed E-state index contributed by atoms with van der Waals surface area (Å²) in [5.74, 6) is -0.740. The maximum Gasteiger partial charge on any atom is 0.416 e. The Labute approximate surface area is 309 Å². The van der Waals surface area contributed by atoms with Crippen LogP contribution in [-0.4, -0.2) is 135 Å². The van der Waals surface area contributed by atoms with Crippen molar-refractivity contribution in [1.29, 1.82) is 0 Å². The quantitative estimate of drug-likeness (QED) is 0.268. The second kappa shape index (κ2) is 18.0. The molecule has 3 aromatic heterocycles. The molecule has 0 atom stereocenters. The van der Waals surface area contributed by atoms with Crippen LogP contribution in [-0.2, 0) is 27.3 Å². The van der Waals surface area contributed by atoms with E-state index < -0.39 is 18.2 Å². The molecule has 4 amide bonds. The number of hydrogen-bond donors (Lipinski definition) is 2. The Balaban J connectivity index is 0.000000281. The average molecular weight is 757 g/mol. The highest BCUT2D eigenvalue weighted by atomic mass is 32.2. The SMILES string of the molecule is CC1(C)CC(=O)N(CCc2ccc(OC(=O)N3CCC(Sc4nnnn4CC(=O)O)CC3)nc2)C(=O)C1.O=C(O)N1CCC(COn2cccn2)CC1. The van der Waals surface area contributed by atoms with E-state index >= 15 is 0 Å². The van der Waals surface area contributed by atoms with Gasteiger partial charge in [-0.25, -0.2) is 19.3 Å². The number of hydrogen-bond acceptors (Lipinski definition) is 13. The molecule has 3 aromatic rings. The Morgan fingerprint density at radius 2 is 1.68 bits per heavy atom. The van der Waals surface area contributed by atoms with Gasteiger partial charge in [0.15, 0.2) is 0 Å². The number of carboxylic acids is 1. The van der Waals surface area contributed by atoms with Gasteiger partial charge in [0, 0.05) is 63.1 Å². The van der Waals surface area contributed by atoms with Crippen LogP contribution < -0.4 is 9.57 Å². The summed E-state index contributed by atoms with van der Waals surface area (Å²) in [5.41, 5.74) is 0.528. The van der Waals surface area contributed by atoms with Gasteiger partial charge in [-0.2, -0.15) is 0 Å². The van der Waals surface area contributed by atoms with E-state index in [0.29, 0.717) is 82.5 Å². The summed E-state index contributed by atoms with van der Waals surface area (Å²) in [7, 11) is 0. The van der Waals surface area contributed by atoms with Crippen molar-refractivity contribution < 1.29 is 43.8 Å². The van der Waals surface area contributed by atoms with Crippen LogP contribution in [0.5, 0.6) is 5.88 Å². The predicted octanol–water partition coefficient (Wildman–Crippen LogP) is 2.33. The molecular formula is C33H44N10O9S. The van der Waals surface area contributed by atoms with E-state index in [1.54, 1.807) is 41.7 Å². The molecule has 0 saturated carbocycles. The molecule has 3 saturated heterocycles. The first kappa shape index (κ1) is 38.9. The molecule has 3 aliphatic heterocycles. The van der Waals surface area contributed by atoms with Gasteiger partial charge in [-0.1, -0.05) is 31.7 Å². The van der Waals surface area contributed by atoms with Gasteiger partial charge in [-0.15, -0.1) is 15.0 Å². The third kappa shape index (κ3) is 11.6. The average Bonchev–Trinajstić information content (AvgIpc) is 3.80. The lowest BCUT2D eigenvalue weighted by molar-refractivity contribution is -0.152. The second-order valence-electron chi connectivity index (χ2n) is 13.8. The van der Waals surface area contributed by atoms with Crippen LogP contribution in [0, 0.1) is 11.3 Å². The van der Waals surface area contributed by atoms with E-state index in [1.807, 2.05) is 13.8 Å². The molecule has 6 rings (SSSR count). The second-order valence-corrected chi connectivity index (χ2v) is 15.1. The molecule has 3 fully saturated rings. The number of nitrogens with zero attached hydrogens (tertiary/aromatic N) is 10. The van der Waals surface area contributed by atoms with Gasteiger partial charge >= 0.3 is 18.2 Å². The molecule has 0 unspecified atom stereocenters. The summed E-state index contributed by atoms with van der Waals surface area (Å²) < 4.78 is 6.66. The first-order valence-electron chi connectivity index (χ1n) is 17.4. The molecule has 19 nitrogen and oxygen atoms in total. The third-order valence-corrected chi connectivity index (χ3v) is 10.3. The van der Waals surface area contributed by atoms with Gasteiger partial charge in [-0.05, 0) is 65.5 Å². The molecule has 0 radical (unpaired) electrons. The highest BCUT2D eigenvalue weighted by Crippen LogP contribution is 2.32. The van der Waals surface area contributed by atoms with E-state index in [1.165, 1.54) is 31.1 Å². The predicted molar refractivity (Wildman–Crippen MR) is 186 cm³/mol. The Kier molecular flexibility index (Phi) is 13.2. The summed E-state index contributed by atoms with van der Waals surface area (Å²) in [4.78, 5) is 74.2. The Morgan fingerprint density at radius 3 is 2.28 bits per heavy atom. The maximum absolute atomic E-state index is 12.6. The number of aromatic nitrogens is 7. The number of rotatable bonds is 11. The first-order valence-corrected chi connectivity index (χ1v) is 18.2. The number of imide groups is 1. The van der Waals surface area contributed by atoms with Crippen LogP contribution in [0.1, 0.15) is 57.9 Å². The molecule has 20 heteroatoms. The van der Waals surface area contributed by atoms with Crippen molar-refractivity contribution in [2.45, 2.75) is 75.7 Å². The third-order valence-electron chi connectivity index (χ3n) is 9.04. The van der Waals surface area contributed by atoms with E-state index in [2.05, 4.69) is 25.6 Å². The summed E-state index contributed by atoms with van der Waals surface area (Å²) in [6.45, 7) is 6.57. The monoisotopic (exact) mass is 756 g/mol. The van der Waals surface area contributed by atoms with Gasteiger partial charge in [-0.3, -0.25) is 19.3 Å². The minimum absolute atomic E-state index is 0.143. The smallest absolute Gasteiger partial charge is 0.416 e. The van der Waals surface area contributed by atoms with E-state index in [0.717, 1.165) is 18.4 Å². The lowest BCUT2D eigenvalue weighted by atomic mass is 9.81. The van der Waals surface area contributed by atoms with Crippen LogP contribution >= 0.6 is 11.8 Å². The van der Waals surface area contributed by atoms with Crippen molar-refractivity contribution >= 4 is 41.7 Å². The van der Waals surface area contributed by atoms with Crippen LogP contribution in [0.2, 0.25) is 0 Å². The molecule has 0 bridgehead atoms. The molecule has 0 aromatic carbocycles. The van der Waals surface area contributed by atoms with Crippen LogP contribution in [0.15, 0.2) is 41.9 Å². The maximum atomic E-state index is 12.6. The zero-order chi connectivity index (χ0) is 38.0. The number of pyridine rings is 1. The summed E-state index contributed by atoms with van der Waals surface area (Å²) in [5, 5.41) is 33.4. The van der Waals surface area contributed by atoms with Crippen LogP contribution in [0.25, 0.3) is 0 Å². The fourth-order valence-electron chi connectivity index (χ4n) is 6.09. The molecule has 6 heterocycles. The lowest BCUT2D eigenvalue weighted by Crippen LogP contribution is -2.46. The summed E-state index contributed by atoms with van der Waals surface area (Å²) >= 11 is 1.40. The van der Waals surface area contributed by atoms with Crippen molar-refractivity contribution in [2.24, 2.45) is 11.3 Å². The van der Waals surface area contributed by atoms with Gasteiger partial charge in [0.05, 0.1) is 12.4 Å². The van der Waals surface area contributed by atoms with Crippen molar-refractivity contribution in [1.82, 2.24) is 49.8 Å². The van der Waals surface area contributed by atoms with Gasteiger partial charge in [0.1, 0.15) is 13.2 Å². The number of piperidine rings is 3. The van der Waals surface area contributed by atoms with Gasteiger partial charge in [0.25, 0.3) is 0 Å². The molecule has 3 aliphatic rings. The summed E-state index contributed by atoms with van der Waals surface area (Å²) in [6, 6.07) is 5.16. The van der Waals surface area contributed by atoms with Gasteiger partial charge in [0.2, 0.25) is 22.9 Å². The Morgan fingerprint density at radius 1 is 0.981 bits per heavy atom. The number of aliphatic carboxylic acids is 1. The fourth-order valence-corrected chi connectivity index (χ4v) is 7.14. The van der Waals surface area contributed by atoms with Crippen LogP contribution in [0.4, 0.5) is 9.59 Å². The number of thioether (sulfide) groups is 1. The minimum atomic E-state index is -1.02. The highest BCUT2D eigenvalue weighted by molar-refractivity contribution is 7.99. The van der Waals surface area contributed by atoms with E-state index in [-0.39, 0.29) is 34.9 Å². The number of carbonyl (C=O) groups is 5. The largest absolute Gasteiger partial charge is 0.480 e. The lowest BCUT2D eigenvalue weighted by Gasteiger charge is -2.34. The normalized spacial score (nSPS) is 18.0. The molecule has 0 aliphatic carbocycles. The summed E-state index contributed by atoms with van der Waals surface area (Å²) in [6.07, 6.45) is 7.90. The number of ether oxygens (including phenoxy) is 1. The Bertz CT molecular complexity index is 1680. The molecule has 2 N–H and O–H groups in total. The first-order chi connectivity index (χ1) is 25.3. The van der Waals surface area contributed by atoms with Crippen molar-refractivity contribution in [3.05, 3.63) is 42.4 Å². The molecular weight excluding hydrogens is 712 g/mol. The highest BCUT2D eigenvalue weighted by Gasteiger charge is 2.37. The van der Waals surface area contributed by atoms with Gasteiger partial charge < -0.3 is 29.6 Å². The number of tetrazole rings is 1. The van der Waals surface area contributed by atoms with Crippen molar-refractivity contribution in [2.75, 3.05) is 39.3 Å². The Hall–Kier alpha value is -5.27. The topological polar surface area (TPSA) is 228 Å². The number of likely N-dealkylation sites (tertiary alicyclic amines) is 3. The fraction of sp³-hybridized carbons (Fsp3) is 0.576. The number of amides is 4. The number of carboxylic acid groups (broad SMARTS) is 2. The van der Waals surface area contributed by atoms with Crippen molar-refractivity contribution in [3.63, 3.8) is 0 Å². The minimum Gasteiger partial charge on any atom is -0.480 e. The van der Waals surface area contributed by atoms with E-state index in [4.69, 9.17) is 19.8 Å². The van der Waals surface area contributed by atoms with E-state index in [9.17, 15) is 24.0 Å². The van der Waals surface area contributed by atoms with Crippen molar-refractivity contribution in [3.8, 4) is 5.88 Å². The molecule has 286 valence electrons. The zero-order valence-electron chi connectivity index (χ0n) is 29.7. The molecule has 53 heavy (non-hydrogen) atoms.